The monoisotopic (exact) mass is 410 g/mol. The molecule has 1 N–H and O–H groups in total. The van der Waals surface area contributed by atoms with Crippen LogP contribution in [0.25, 0.3) is 0 Å². The summed E-state index contributed by atoms with van der Waals surface area (Å²) >= 11 is 2.23. The fourth-order valence-corrected chi connectivity index (χ4v) is 8.14. The van der Waals surface area contributed by atoms with Crippen molar-refractivity contribution in [3.05, 3.63) is 11.6 Å². The zero-order valence-electron chi connectivity index (χ0n) is 18.4. The van der Waals surface area contributed by atoms with Gasteiger partial charge in [0.15, 0.2) is 0 Å². The van der Waals surface area contributed by atoms with E-state index in [1.807, 2.05) is 0 Å². The van der Waals surface area contributed by atoms with Gasteiger partial charge in [-0.15, -0.1) is 0 Å². The molecule has 3 unspecified atom stereocenters. The Kier molecular flexibility index (Phi) is 5.36. The second-order valence-corrected chi connectivity index (χ2v) is 10.3. The zero-order valence-corrected chi connectivity index (χ0v) is 18.1. The van der Waals surface area contributed by atoms with Gasteiger partial charge in [-0.25, -0.2) is 0 Å². The third-order valence-corrected chi connectivity index (χ3v) is 9.64. The highest BCUT2D eigenvalue weighted by atomic mass is 32.2. The molecule has 4 aliphatic carbocycles. The van der Waals surface area contributed by atoms with Crippen molar-refractivity contribution in [2.75, 3.05) is 6.61 Å². The number of fused-ring (bicyclic) bond motifs is 5. The molecule has 8 atom stereocenters. The summed E-state index contributed by atoms with van der Waals surface area (Å²) in [5.41, 5.74) is 1.71. The molecule has 0 saturated heterocycles. The molecule has 0 bridgehead atoms. The molecular weight excluding hydrogens is 374 g/mol. The lowest BCUT2D eigenvalue weighted by Crippen LogP contribution is -2.56. The average Bonchev–Trinajstić information content (AvgIpc) is 3.07. The van der Waals surface area contributed by atoms with Gasteiger partial charge in [0.25, 0.3) is 0 Å². The van der Waals surface area contributed by atoms with Gasteiger partial charge in [0.05, 0.1) is 12.2 Å². The number of rotatable bonds is 7. The Bertz CT molecular complexity index is 631. The first-order chi connectivity index (χ1) is 14.0. The highest BCUT2D eigenvalue weighted by Crippen LogP contribution is 2.66. The van der Waals surface area contributed by atoms with Crippen LogP contribution in [0.4, 0.5) is 0 Å². The van der Waals surface area contributed by atoms with Crippen LogP contribution in [0.3, 0.4) is 0 Å². The van der Waals surface area contributed by atoms with Crippen molar-refractivity contribution in [2.45, 2.75) is 71.0 Å². The van der Waals surface area contributed by atoms with Gasteiger partial charge in [-0.2, -0.15) is 0 Å². The van der Waals surface area contributed by atoms with Crippen molar-refractivity contribution in [3.8, 4) is 0 Å². The molecule has 0 aromatic carbocycles. The van der Waals surface area contributed by atoms with Crippen LogP contribution in [-0.2, 0) is 8.37 Å². The lowest BCUT2D eigenvalue weighted by atomic mass is 9.47. The lowest BCUT2D eigenvalue weighted by molar-refractivity contribution is -0.0909. The van der Waals surface area contributed by atoms with E-state index >= 15 is 0 Å². The average molecular weight is 410 g/mol. The van der Waals surface area contributed by atoms with Crippen LogP contribution in [0.5, 0.6) is 0 Å². The first-order valence-electron chi connectivity index (χ1n) is 11.5. The smallest absolute Gasteiger partial charge is 0.209 e. The van der Waals surface area contributed by atoms with E-state index in [0.29, 0.717) is 30.3 Å². The van der Waals surface area contributed by atoms with Gasteiger partial charge in [0.1, 0.15) is 0 Å². The molecule has 3 nitrogen and oxygen atoms in total. The molecule has 0 heterocycles. The third-order valence-electron chi connectivity index (χ3n) is 8.91. The summed E-state index contributed by atoms with van der Waals surface area (Å²) in [5, 5.41) is 9.96. The number of aliphatic hydroxyl groups is 1. The molecule has 4 aliphatic rings. The topological polar surface area (TPSA) is 38.7 Å². The summed E-state index contributed by atoms with van der Waals surface area (Å²) in [6.07, 6.45) is 10.2. The van der Waals surface area contributed by atoms with Gasteiger partial charge in [-0.3, -0.25) is 0 Å². The van der Waals surface area contributed by atoms with Crippen molar-refractivity contribution in [2.24, 2.45) is 34.5 Å². The number of hydrogen-bond donors (Lipinski definition) is 1. The van der Waals surface area contributed by atoms with Crippen LogP contribution in [0.15, 0.2) is 11.6 Å². The molecule has 27 heavy (non-hydrogen) atoms. The molecule has 148 valence electrons. The molecule has 0 spiro atoms. The Morgan fingerprint density at radius 1 is 1.22 bits per heavy atom. The first kappa shape index (κ1) is 18.2. The van der Waals surface area contributed by atoms with E-state index in [-0.39, 0.29) is 23.0 Å². The Hall–Kier alpha value is 0.450. The lowest BCUT2D eigenvalue weighted by Gasteiger charge is -2.59. The van der Waals surface area contributed by atoms with Gasteiger partial charge in [0.2, 0.25) is 14.2 Å². The third kappa shape index (κ3) is 3.19. The molecule has 3 saturated carbocycles. The predicted molar refractivity (Wildman–Crippen MR) is 117 cm³/mol. The maximum atomic E-state index is 9.96. The maximum absolute atomic E-state index is 9.96. The maximum Gasteiger partial charge on any atom is 0.209 e. The summed E-state index contributed by atoms with van der Waals surface area (Å²) in [4.78, 5) is 0. The molecule has 0 amide bonds. The SMILES string of the molecule is [3H][B]SO[C@@H]1CC2=CCC3C4CC[C@H](CO)[C@@]4(C)CCC3[C@@]2(C)[C@@H](OS[B][3H])C1. The van der Waals surface area contributed by atoms with Crippen LogP contribution < -0.4 is 0 Å². The Labute approximate surface area is 177 Å². The van der Waals surface area contributed by atoms with Crippen LogP contribution in [0.1, 0.15) is 58.8 Å². The van der Waals surface area contributed by atoms with E-state index in [2.05, 4.69) is 19.9 Å². The molecule has 2 radical (unpaired) electrons. The second kappa shape index (κ2) is 7.94. The summed E-state index contributed by atoms with van der Waals surface area (Å²) < 4.78 is 26.7. The molecule has 0 aromatic rings. The van der Waals surface area contributed by atoms with E-state index in [1.54, 1.807) is 0 Å². The number of allylic oxidation sites excluding steroid dienone is 1. The molecule has 4 rings (SSSR count). The van der Waals surface area contributed by atoms with Crippen LogP contribution in [0, 0.1) is 34.5 Å². The van der Waals surface area contributed by atoms with E-state index in [9.17, 15) is 5.11 Å². The van der Waals surface area contributed by atoms with E-state index in [4.69, 9.17) is 11.0 Å². The minimum absolute atomic E-state index is 0.0117. The summed E-state index contributed by atoms with van der Waals surface area (Å²) in [6.45, 7) is 5.15. The fourth-order valence-electron chi connectivity index (χ4n) is 7.43. The summed E-state index contributed by atoms with van der Waals surface area (Å²) in [5.74, 6) is 2.38. The number of aliphatic hydroxyl groups excluding tert-OH is 1. The van der Waals surface area contributed by atoms with Crippen molar-refractivity contribution >= 4 is 38.0 Å². The molecular formula is C20H32B2O3S2. The van der Waals surface area contributed by atoms with Gasteiger partial charge < -0.3 is 13.5 Å². The van der Waals surface area contributed by atoms with Crippen LogP contribution in [-0.4, -0.2) is 40.8 Å². The Morgan fingerprint density at radius 2 is 2.04 bits per heavy atom. The highest BCUT2D eigenvalue weighted by molar-refractivity contribution is 8.16. The second-order valence-electron chi connectivity index (χ2n) is 9.56. The summed E-state index contributed by atoms with van der Waals surface area (Å²) in [6, 6.07) is 0. The van der Waals surface area contributed by atoms with E-state index in [1.165, 1.54) is 39.0 Å². The first-order valence-corrected chi connectivity index (χ1v) is 11.9. The van der Waals surface area contributed by atoms with Crippen molar-refractivity contribution in [1.82, 2.24) is 0 Å². The molecule has 0 aliphatic heterocycles. The predicted octanol–water partition coefficient (Wildman–Crippen LogP) is 3.87. The van der Waals surface area contributed by atoms with Crippen molar-refractivity contribution in [1.29, 1.82) is 2.67 Å². The Balaban J connectivity index is 1.62. The fraction of sp³-hybridized carbons (Fsp3) is 0.900. The highest BCUT2D eigenvalue weighted by Gasteiger charge is 2.61. The minimum Gasteiger partial charge on any atom is -0.396 e. The van der Waals surface area contributed by atoms with E-state index in [0.717, 1.165) is 49.5 Å². The molecule has 0 aromatic heterocycles. The quantitative estimate of drug-likeness (QED) is 0.392. The van der Waals surface area contributed by atoms with E-state index < -0.39 is 0 Å². The molecule has 7 heteroatoms. The minimum atomic E-state index is -0.0211. The normalized spacial score (nSPS) is 49.8. The van der Waals surface area contributed by atoms with Crippen LogP contribution >= 0.6 is 23.8 Å². The van der Waals surface area contributed by atoms with Gasteiger partial charge in [-0.1, -0.05) is 49.3 Å². The zero-order chi connectivity index (χ0) is 20.6. The van der Waals surface area contributed by atoms with Crippen molar-refractivity contribution < 1.29 is 13.5 Å². The molecule has 3 fully saturated rings. The standard InChI is InChI=1S/C20H32B2O3S2/c1-19-8-7-17-15(16(19)6-4-13(19)11-23)5-3-12-9-14(24-26-21)10-18(25-27-22)20(12,17)2/h3,13-18,21-23H,4-11H2,1-2H3/t13-,14-,15?,16?,17?,18+,19-,20+/m1/s1/i21T,22T. The Morgan fingerprint density at radius 3 is 2.81 bits per heavy atom. The summed E-state index contributed by atoms with van der Waals surface area (Å²) in [7, 11) is 2.51. The largest absolute Gasteiger partial charge is 0.396 e. The van der Waals surface area contributed by atoms with Gasteiger partial charge in [-0.05, 0) is 70.3 Å². The number of hydrogen-bond acceptors (Lipinski definition) is 5. The van der Waals surface area contributed by atoms with Crippen LogP contribution in [0.2, 0.25) is 0 Å². The van der Waals surface area contributed by atoms with Gasteiger partial charge in [0, 0.05) is 18.4 Å². The van der Waals surface area contributed by atoms with Gasteiger partial charge >= 0.3 is 0 Å². The van der Waals surface area contributed by atoms with Crippen molar-refractivity contribution in [3.63, 3.8) is 0 Å².